The normalized spacial score (nSPS) is 27.5. The molecule has 4 nitrogen and oxygen atoms in total. The maximum atomic E-state index is 11.8. The minimum atomic E-state index is 0.209. The van der Waals surface area contributed by atoms with E-state index in [2.05, 4.69) is 4.90 Å². The van der Waals surface area contributed by atoms with Crippen LogP contribution in [0, 0.1) is 0 Å². The minimum Gasteiger partial charge on any atom is -0.341 e. The van der Waals surface area contributed by atoms with Crippen LogP contribution in [-0.2, 0) is 4.79 Å². The molecule has 15 heavy (non-hydrogen) atoms. The first-order valence-corrected chi connectivity index (χ1v) is 6.01. The van der Waals surface area contributed by atoms with Gasteiger partial charge in [-0.05, 0) is 32.4 Å². The first-order valence-electron chi connectivity index (χ1n) is 6.01. The molecule has 0 bridgehead atoms. The van der Waals surface area contributed by atoms with Crippen LogP contribution in [-0.4, -0.2) is 54.5 Å². The highest BCUT2D eigenvalue weighted by molar-refractivity contribution is 5.76. The molecule has 2 heterocycles. The zero-order valence-corrected chi connectivity index (χ0v) is 9.32. The lowest BCUT2D eigenvalue weighted by atomic mass is 10.3. The molecule has 1 amide bonds. The summed E-state index contributed by atoms with van der Waals surface area (Å²) in [5.74, 6) is 0.287. The molecule has 0 saturated carbocycles. The second-order valence-corrected chi connectivity index (χ2v) is 4.69. The van der Waals surface area contributed by atoms with Crippen LogP contribution < -0.4 is 5.73 Å². The summed E-state index contributed by atoms with van der Waals surface area (Å²) >= 11 is 0. The lowest BCUT2D eigenvalue weighted by molar-refractivity contribution is -0.130. The third kappa shape index (κ3) is 2.92. The fraction of sp³-hybridized carbons (Fsp3) is 0.909. The number of likely N-dealkylation sites (tertiary alicyclic amines) is 2. The molecule has 2 aliphatic rings. The highest BCUT2D eigenvalue weighted by atomic mass is 16.2. The van der Waals surface area contributed by atoms with Gasteiger partial charge in [0, 0.05) is 32.1 Å². The van der Waals surface area contributed by atoms with E-state index in [0.29, 0.717) is 6.42 Å². The first-order chi connectivity index (χ1) is 7.25. The summed E-state index contributed by atoms with van der Waals surface area (Å²) < 4.78 is 0. The molecule has 2 aliphatic heterocycles. The highest BCUT2D eigenvalue weighted by Crippen LogP contribution is 2.11. The molecule has 86 valence electrons. The van der Waals surface area contributed by atoms with Crippen molar-refractivity contribution in [2.45, 2.75) is 31.7 Å². The number of hydrogen-bond acceptors (Lipinski definition) is 3. The van der Waals surface area contributed by atoms with Gasteiger partial charge in [0.25, 0.3) is 0 Å². The van der Waals surface area contributed by atoms with Gasteiger partial charge < -0.3 is 15.5 Å². The summed E-state index contributed by atoms with van der Waals surface area (Å²) in [6.45, 7) is 4.91. The van der Waals surface area contributed by atoms with E-state index in [-0.39, 0.29) is 11.9 Å². The third-order valence-electron chi connectivity index (χ3n) is 3.42. The lowest BCUT2D eigenvalue weighted by Gasteiger charge is -2.18. The van der Waals surface area contributed by atoms with E-state index in [1.54, 1.807) is 0 Å². The predicted octanol–water partition coefficient (Wildman–Crippen LogP) is 0.0319. The van der Waals surface area contributed by atoms with Crippen molar-refractivity contribution >= 4 is 5.91 Å². The van der Waals surface area contributed by atoms with Gasteiger partial charge in [-0.15, -0.1) is 0 Å². The Morgan fingerprint density at radius 2 is 2.00 bits per heavy atom. The Morgan fingerprint density at radius 1 is 1.27 bits per heavy atom. The topological polar surface area (TPSA) is 49.6 Å². The van der Waals surface area contributed by atoms with Gasteiger partial charge in [-0.2, -0.15) is 0 Å². The first kappa shape index (κ1) is 10.9. The van der Waals surface area contributed by atoms with Crippen LogP contribution in [0.4, 0.5) is 0 Å². The van der Waals surface area contributed by atoms with Crippen molar-refractivity contribution in [2.75, 3.05) is 32.7 Å². The van der Waals surface area contributed by atoms with Crippen LogP contribution in [0.25, 0.3) is 0 Å². The molecule has 1 atom stereocenters. The van der Waals surface area contributed by atoms with Crippen molar-refractivity contribution in [1.82, 2.24) is 9.80 Å². The van der Waals surface area contributed by atoms with Crippen LogP contribution in [0.5, 0.6) is 0 Å². The molecule has 0 radical (unpaired) electrons. The van der Waals surface area contributed by atoms with Crippen molar-refractivity contribution in [2.24, 2.45) is 5.73 Å². The Kier molecular flexibility index (Phi) is 3.59. The maximum absolute atomic E-state index is 11.8. The van der Waals surface area contributed by atoms with Crippen molar-refractivity contribution in [3.8, 4) is 0 Å². The van der Waals surface area contributed by atoms with Crippen LogP contribution in [0.15, 0.2) is 0 Å². The average molecular weight is 211 g/mol. The van der Waals surface area contributed by atoms with E-state index in [4.69, 9.17) is 5.73 Å². The summed E-state index contributed by atoms with van der Waals surface area (Å²) in [4.78, 5) is 16.1. The molecular formula is C11H21N3O. The second-order valence-electron chi connectivity index (χ2n) is 4.69. The van der Waals surface area contributed by atoms with E-state index in [1.807, 2.05) is 4.90 Å². The SMILES string of the molecule is N[C@@H]1CCN(C(=O)CCN2CCCC2)C1. The van der Waals surface area contributed by atoms with E-state index in [0.717, 1.165) is 26.1 Å². The Bertz CT molecular complexity index is 226. The molecule has 0 aliphatic carbocycles. The Labute approximate surface area is 91.4 Å². The van der Waals surface area contributed by atoms with E-state index in [1.165, 1.54) is 25.9 Å². The van der Waals surface area contributed by atoms with Gasteiger partial charge in [-0.3, -0.25) is 4.79 Å². The Morgan fingerprint density at radius 3 is 2.60 bits per heavy atom. The summed E-state index contributed by atoms with van der Waals surface area (Å²) in [6, 6.07) is 0.209. The molecule has 2 saturated heterocycles. The molecule has 4 heteroatoms. The predicted molar refractivity (Wildman–Crippen MR) is 59.5 cm³/mol. The molecule has 0 aromatic heterocycles. The smallest absolute Gasteiger partial charge is 0.223 e. The number of rotatable bonds is 3. The largest absolute Gasteiger partial charge is 0.341 e. The van der Waals surface area contributed by atoms with Gasteiger partial charge in [0.1, 0.15) is 0 Å². The van der Waals surface area contributed by atoms with Gasteiger partial charge in [0.2, 0.25) is 5.91 Å². The second kappa shape index (κ2) is 4.94. The Balaban J connectivity index is 1.67. The molecule has 2 fully saturated rings. The van der Waals surface area contributed by atoms with Crippen molar-refractivity contribution < 1.29 is 4.79 Å². The van der Waals surface area contributed by atoms with Crippen LogP contribution in [0.2, 0.25) is 0 Å². The van der Waals surface area contributed by atoms with Crippen LogP contribution in [0.1, 0.15) is 25.7 Å². The molecular weight excluding hydrogens is 190 g/mol. The fourth-order valence-corrected chi connectivity index (χ4v) is 2.43. The molecule has 0 aromatic rings. The number of carbonyl (C=O) groups is 1. The zero-order chi connectivity index (χ0) is 10.7. The number of hydrogen-bond donors (Lipinski definition) is 1. The van der Waals surface area contributed by atoms with E-state index < -0.39 is 0 Å². The molecule has 0 spiro atoms. The molecule has 2 N–H and O–H groups in total. The number of carbonyl (C=O) groups excluding carboxylic acids is 1. The quantitative estimate of drug-likeness (QED) is 0.716. The number of nitrogens with zero attached hydrogens (tertiary/aromatic N) is 2. The fourth-order valence-electron chi connectivity index (χ4n) is 2.43. The average Bonchev–Trinajstić information content (AvgIpc) is 2.84. The maximum Gasteiger partial charge on any atom is 0.223 e. The van der Waals surface area contributed by atoms with Gasteiger partial charge in [-0.1, -0.05) is 0 Å². The monoisotopic (exact) mass is 211 g/mol. The summed E-state index contributed by atoms with van der Waals surface area (Å²) in [7, 11) is 0. The number of amides is 1. The zero-order valence-electron chi connectivity index (χ0n) is 9.32. The summed E-state index contributed by atoms with van der Waals surface area (Å²) in [5.41, 5.74) is 5.78. The highest BCUT2D eigenvalue weighted by Gasteiger charge is 2.23. The third-order valence-corrected chi connectivity index (χ3v) is 3.42. The van der Waals surface area contributed by atoms with Gasteiger partial charge in [-0.25, -0.2) is 0 Å². The molecule has 0 aromatic carbocycles. The summed E-state index contributed by atoms with van der Waals surface area (Å²) in [6.07, 6.45) is 4.23. The van der Waals surface area contributed by atoms with Crippen molar-refractivity contribution in [3.63, 3.8) is 0 Å². The standard InChI is InChI=1S/C11H21N3O/c12-10-3-8-14(9-10)11(15)4-7-13-5-1-2-6-13/h10H,1-9,12H2/t10-/m1/s1. The van der Waals surface area contributed by atoms with Crippen LogP contribution in [0.3, 0.4) is 0 Å². The van der Waals surface area contributed by atoms with Gasteiger partial charge >= 0.3 is 0 Å². The molecule has 0 unspecified atom stereocenters. The van der Waals surface area contributed by atoms with Crippen LogP contribution >= 0.6 is 0 Å². The number of nitrogens with two attached hydrogens (primary N) is 1. The molecule has 2 rings (SSSR count). The van der Waals surface area contributed by atoms with Crippen molar-refractivity contribution in [3.05, 3.63) is 0 Å². The van der Waals surface area contributed by atoms with E-state index >= 15 is 0 Å². The van der Waals surface area contributed by atoms with Gasteiger partial charge in [0.05, 0.1) is 0 Å². The van der Waals surface area contributed by atoms with Crippen molar-refractivity contribution in [1.29, 1.82) is 0 Å². The minimum absolute atomic E-state index is 0.209. The Hall–Kier alpha value is -0.610. The lowest BCUT2D eigenvalue weighted by Crippen LogP contribution is -2.34. The summed E-state index contributed by atoms with van der Waals surface area (Å²) in [5, 5.41) is 0. The van der Waals surface area contributed by atoms with E-state index in [9.17, 15) is 4.79 Å². The van der Waals surface area contributed by atoms with Gasteiger partial charge in [0.15, 0.2) is 0 Å².